The summed E-state index contributed by atoms with van der Waals surface area (Å²) in [7, 11) is 2.18. The number of hydrogen-bond donors (Lipinski definition) is 0. The van der Waals surface area contributed by atoms with Gasteiger partial charge >= 0.3 is 0 Å². The van der Waals surface area contributed by atoms with E-state index in [9.17, 15) is 4.79 Å². The van der Waals surface area contributed by atoms with Crippen LogP contribution < -0.4 is 0 Å². The van der Waals surface area contributed by atoms with Gasteiger partial charge in [0, 0.05) is 25.6 Å². The summed E-state index contributed by atoms with van der Waals surface area (Å²) in [6, 6.07) is 0.759. The molecule has 2 fully saturated rings. The molecule has 0 aromatic carbocycles. The molecular formula is C13H24N2O. The lowest BCUT2D eigenvalue weighted by atomic mass is 9.92. The number of likely N-dealkylation sites (N-methyl/N-ethyl adjacent to an activating group) is 1. The number of carbonyl (C=O) groups is 1. The molecule has 2 rings (SSSR count). The third-order valence-electron chi connectivity index (χ3n) is 4.02. The molecule has 16 heavy (non-hydrogen) atoms. The van der Waals surface area contributed by atoms with Gasteiger partial charge in [0.25, 0.3) is 0 Å². The Kier molecular flexibility index (Phi) is 3.98. The predicted octanol–water partition coefficient (Wildman–Crippen LogP) is 1.52. The highest BCUT2D eigenvalue weighted by Crippen LogP contribution is 2.23. The first kappa shape index (κ1) is 12.1. The summed E-state index contributed by atoms with van der Waals surface area (Å²) < 4.78 is 0. The second kappa shape index (κ2) is 5.28. The molecular weight excluding hydrogens is 200 g/mol. The number of Topliss-reactive ketones (excluding diaryl/α,β-unsaturated/α-hetero) is 1. The minimum Gasteiger partial charge on any atom is -0.305 e. The van der Waals surface area contributed by atoms with E-state index in [2.05, 4.69) is 23.8 Å². The fourth-order valence-electron chi connectivity index (χ4n) is 3.17. The molecule has 3 heteroatoms. The van der Waals surface area contributed by atoms with Gasteiger partial charge in [0.1, 0.15) is 5.78 Å². The summed E-state index contributed by atoms with van der Waals surface area (Å²) in [5.74, 6) is 0.489. The molecule has 1 saturated heterocycles. The largest absolute Gasteiger partial charge is 0.305 e. The molecule has 0 spiro atoms. The Balaban J connectivity index is 2.03. The van der Waals surface area contributed by atoms with Gasteiger partial charge in [-0.05, 0) is 39.8 Å². The second-order valence-corrected chi connectivity index (χ2v) is 5.43. The maximum atomic E-state index is 12.0. The Morgan fingerprint density at radius 1 is 1.19 bits per heavy atom. The summed E-state index contributed by atoms with van der Waals surface area (Å²) in [5, 5.41) is 0. The molecule has 0 amide bonds. The Morgan fingerprint density at radius 2 is 2.00 bits per heavy atom. The first-order valence-electron chi connectivity index (χ1n) is 6.65. The van der Waals surface area contributed by atoms with Gasteiger partial charge in [-0.15, -0.1) is 0 Å². The first-order valence-corrected chi connectivity index (χ1v) is 6.65. The molecule has 0 aromatic heterocycles. The fraction of sp³-hybridized carbons (Fsp3) is 0.923. The van der Waals surface area contributed by atoms with Crippen molar-refractivity contribution in [2.75, 3.05) is 26.7 Å². The zero-order valence-electron chi connectivity index (χ0n) is 10.6. The van der Waals surface area contributed by atoms with Crippen LogP contribution in [-0.4, -0.2) is 54.3 Å². The van der Waals surface area contributed by atoms with E-state index < -0.39 is 0 Å². The maximum Gasteiger partial charge on any atom is 0.149 e. The van der Waals surface area contributed by atoms with Gasteiger partial charge in [-0.1, -0.05) is 6.42 Å². The van der Waals surface area contributed by atoms with Crippen LogP contribution >= 0.6 is 0 Å². The smallest absolute Gasteiger partial charge is 0.149 e. The lowest BCUT2D eigenvalue weighted by Gasteiger charge is -2.36. The summed E-state index contributed by atoms with van der Waals surface area (Å²) in [4.78, 5) is 16.8. The maximum absolute atomic E-state index is 12.0. The van der Waals surface area contributed by atoms with Crippen LogP contribution in [0.15, 0.2) is 0 Å². The van der Waals surface area contributed by atoms with E-state index in [4.69, 9.17) is 0 Å². The molecule has 0 N–H and O–H groups in total. The van der Waals surface area contributed by atoms with Crippen LogP contribution in [0.4, 0.5) is 0 Å². The van der Waals surface area contributed by atoms with E-state index in [0.717, 1.165) is 32.4 Å². The summed E-state index contributed by atoms with van der Waals surface area (Å²) in [5.41, 5.74) is 0. The molecule has 3 nitrogen and oxygen atoms in total. The molecule has 0 aromatic rings. The predicted molar refractivity (Wildman–Crippen MR) is 65.5 cm³/mol. The van der Waals surface area contributed by atoms with Gasteiger partial charge in [-0.3, -0.25) is 9.69 Å². The van der Waals surface area contributed by atoms with Crippen molar-refractivity contribution in [1.82, 2.24) is 9.80 Å². The van der Waals surface area contributed by atoms with Gasteiger partial charge in [-0.25, -0.2) is 0 Å². The Labute approximate surface area is 98.8 Å². The molecule has 1 saturated carbocycles. The van der Waals surface area contributed by atoms with Crippen LogP contribution in [0.5, 0.6) is 0 Å². The van der Waals surface area contributed by atoms with Crippen molar-refractivity contribution in [3.63, 3.8) is 0 Å². The van der Waals surface area contributed by atoms with Gasteiger partial charge < -0.3 is 4.90 Å². The molecule has 1 aliphatic carbocycles. The van der Waals surface area contributed by atoms with E-state index in [1.54, 1.807) is 0 Å². The molecule has 0 bridgehead atoms. The minimum atomic E-state index is 0.232. The molecule has 2 atom stereocenters. The van der Waals surface area contributed by atoms with E-state index in [1.165, 1.54) is 19.4 Å². The molecule has 2 unspecified atom stereocenters. The number of carbonyl (C=O) groups excluding carboxylic acids is 1. The monoisotopic (exact) mass is 224 g/mol. The fourth-order valence-corrected chi connectivity index (χ4v) is 3.17. The van der Waals surface area contributed by atoms with Crippen LogP contribution in [0.25, 0.3) is 0 Å². The van der Waals surface area contributed by atoms with Crippen LogP contribution in [0, 0.1) is 0 Å². The normalized spacial score (nSPS) is 35.0. The van der Waals surface area contributed by atoms with E-state index in [1.807, 2.05) is 0 Å². The van der Waals surface area contributed by atoms with Crippen molar-refractivity contribution < 1.29 is 4.79 Å². The van der Waals surface area contributed by atoms with E-state index in [-0.39, 0.29) is 6.04 Å². The Bertz CT molecular complexity index is 254. The molecule has 0 radical (unpaired) electrons. The van der Waals surface area contributed by atoms with Gasteiger partial charge in [0.2, 0.25) is 0 Å². The molecule has 1 aliphatic heterocycles. The summed E-state index contributed by atoms with van der Waals surface area (Å²) in [6.07, 6.45) is 5.44. The minimum absolute atomic E-state index is 0.232. The Morgan fingerprint density at radius 3 is 2.75 bits per heavy atom. The molecule has 2 aliphatic rings. The van der Waals surface area contributed by atoms with Crippen LogP contribution in [-0.2, 0) is 4.79 Å². The van der Waals surface area contributed by atoms with Crippen molar-refractivity contribution in [3.8, 4) is 0 Å². The highest BCUT2D eigenvalue weighted by molar-refractivity contribution is 5.84. The molecule has 92 valence electrons. The van der Waals surface area contributed by atoms with Crippen molar-refractivity contribution in [3.05, 3.63) is 0 Å². The summed E-state index contributed by atoms with van der Waals surface area (Å²) >= 11 is 0. The Hall–Kier alpha value is -0.410. The zero-order valence-corrected chi connectivity index (χ0v) is 10.6. The van der Waals surface area contributed by atoms with Gasteiger partial charge in [-0.2, -0.15) is 0 Å². The molecule has 1 heterocycles. The highest BCUT2D eigenvalue weighted by Gasteiger charge is 2.32. The third kappa shape index (κ3) is 2.64. The van der Waals surface area contributed by atoms with Crippen LogP contribution in [0.1, 0.15) is 39.0 Å². The van der Waals surface area contributed by atoms with Crippen LogP contribution in [0.3, 0.4) is 0 Å². The standard InChI is InChI=1S/C13H24N2O/c1-11-10-14(2)8-5-9-15(11)12-6-3-4-7-13(12)16/h11-12H,3-10H2,1-2H3. The zero-order chi connectivity index (χ0) is 11.5. The van der Waals surface area contributed by atoms with Crippen molar-refractivity contribution in [2.24, 2.45) is 0 Å². The number of nitrogens with zero attached hydrogens (tertiary/aromatic N) is 2. The van der Waals surface area contributed by atoms with Crippen molar-refractivity contribution in [2.45, 2.75) is 51.1 Å². The number of hydrogen-bond acceptors (Lipinski definition) is 3. The van der Waals surface area contributed by atoms with Gasteiger partial charge in [0.05, 0.1) is 6.04 Å². The average Bonchev–Trinajstić information content (AvgIpc) is 2.40. The van der Waals surface area contributed by atoms with Crippen molar-refractivity contribution >= 4 is 5.78 Å². The van der Waals surface area contributed by atoms with Crippen molar-refractivity contribution in [1.29, 1.82) is 0 Å². The quantitative estimate of drug-likeness (QED) is 0.675. The number of rotatable bonds is 1. The summed E-state index contributed by atoms with van der Waals surface area (Å²) in [6.45, 7) is 5.64. The van der Waals surface area contributed by atoms with E-state index in [0.29, 0.717) is 11.8 Å². The third-order valence-corrected chi connectivity index (χ3v) is 4.02. The topological polar surface area (TPSA) is 23.6 Å². The lowest BCUT2D eigenvalue weighted by Crippen LogP contribution is -2.49. The van der Waals surface area contributed by atoms with E-state index >= 15 is 0 Å². The second-order valence-electron chi connectivity index (χ2n) is 5.43. The highest BCUT2D eigenvalue weighted by atomic mass is 16.1. The lowest BCUT2D eigenvalue weighted by molar-refractivity contribution is -0.127. The van der Waals surface area contributed by atoms with Crippen LogP contribution in [0.2, 0.25) is 0 Å². The first-order chi connectivity index (χ1) is 7.68. The van der Waals surface area contributed by atoms with Gasteiger partial charge in [0.15, 0.2) is 0 Å². The number of ketones is 1. The average molecular weight is 224 g/mol. The SMILES string of the molecule is CC1CN(C)CCCN1C1CCCCC1=O.